The van der Waals surface area contributed by atoms with Gasteiger partial charge in [0, 0.05) is 23.7 Å². The molecule has 1 atom stereocenters. The topological polar surface area (TPSA) is 96.8 Å². The Kier molecular flexibility index (Phi) is 14.4. The molecule has 6 aromatic rings. The molecule has 0 radical (unpaired) electrons. The fraction of sp³-hybridized carbons (Fsp3) is 0.280. The highest BCUT2D eigenvalue weighted by molar-refractivity contribution is 5.89. The number of aromatic nitrogens is 2. The van der Waals surface area contributed by atoms with Gasteiger partial charge >= 0.3 is 11.9 Å². The molecule has 1 aliphatic carbocycles. The van der Waals surface area contributed by atoms with Crippen LogP contribution in [0.3, 0.4) is 0 Å². The summed E-state index contributed by atoms with van der Waals surface area (Å²) in [5.41, 5.74) is 7.58. The number of ether oxygens (including phenoxy) is 4. The van der Waals surface area contributed by atoms with Crippen LogP contribution in [0.4, 0.5) is 0 Å². The minimum Gasteiger partial charge on any atom is -0.487 e. The first-order chi connectivity index (χ1) is 28.2. The highest BCUT2D eigenvalue weighted by Crippen LogP contribution is 2.41. The van der Waals surface area contributed by atoms with Gasteiger partial charge in [0.2, 0.25) is 0 Å². The zero-order valence-corrected chi connectivity index (χ0v) is 33.8. The van der Waals surface area contributed by atoms with Gasteiger partial charge in [-0.25, -0.2) is 9.59 Å². The van der Waals surface area contributed by atoms with Gasteiger partial charge in [0.05, 0.1) is 36.7 Å². The van der Waals surface area contributed by atoms with Crippen molar-refractivity contribution < 1.29 is 28.5 Å². The number of carbonyl (C=O) groups excluding carboxylic acids is 2. The van der Waals surface area contributed by atoms with Crippen LogP contribution in [-0.4, -0.2) is 36.1 Å². The van der Waals surface area contributed by atoms with Crippen molar-refractivity contribution in [3.05, 3.63) is 191 Å². The van der Waals surface area contributed by atoms with Gasteiger partial charge < -0.3 is 18.9 Å². The molecule has 8 nitrogen and oxygen atoms in total. The zero-order valence-electron chi connectivity index (χ0n) is 33.8. The van der Waals surface area contributed by atoms with Crippen LogP contribution in [0.2, 0.25) is 0 Å². The van der Waals surface area contributed by atoms with Crippen LogP contribution < -0.4 is 9.47 Å². The van der Waals surface area contributed by atoms with Crippen molar-refractivity contribution in [1.82, 2.24) is 9.97 Å². The number of rotatable bonds is 13. The van der Waals surface area contributed by atoms with E-state index in [2.05, 4.69) is 72.3 Å². The first kappa shape index (κ1) is 41.4. The number of esters is 2. The smallest absolute Gasteiger partial charge is 0.337 e. The third kappa shape index (κ3) is 11.0. The van der Waals surface area contributed by atoms with Gasteiger partial charge in [-0.05, 0) is 114 Å². The fourth-order valence-electron chi connectivity index (χ4n) is 7.48. The molecule has 2 aromatic heterocycles. The van der Waals surface area contributed by atoms with Gasteiger partial charge in [0.25, 0.3) is 0 Å². The minimum absolute atomic E-state index is 0.200. The lowest BCUT2D eigenvalue weighted by Gasteiger charge is -2.31. The summed E-state index contributed by atoms with van der Waals surface area (Å²) in [6.07, 6.45) is 9.91. The predicted molar refractivity (Wildman–Crippen MR) is 226 cm³/mol. The van der Waals surface area contributed by atoms with E-state index >= 15 is 0 Å². The summed E-state index contributed by atoms with van der Waals surface area (Å²) in [5.74, 6) is 1.96. The van der Waals surface area contributed by atoms with Crippen LogP contribution in [-0.2, 0) is 28.1 Å². The normalized spacial score (nSPS) is 13.3. The summed E-state index contributed by atoms with van der Waals surface area (Å²) >= 11 is 0. The van der Waals surface area contributed by atoms with Crippen molar-refractivity contribution in [2.75, 3.05) is 14.2 Å². The Labute approximate surface area is 342 Å². The van der Waals surface area contributed by atoms with E-state index in [1.165, 1.54) is 63.0 Å². The average molecular weight is 777 g/mol. The summed E-state index contributed by atoms with van der Waals surface area (Å²) in [4.78, 5) is 32.0. The SMILES string of the molecule is COC(=O)c1ccc(C(C)(C)c2ccc(OCc3ccccn3)cc2)cc1.COC(=O)c1ccc(C(c2ccc(OCc3ccccn3)cc2)C2CCCCC2)cc1. The third-order valence-corrected chi connectivity index (χ3v) is 10.9. The fourth-order valence-corrected chi connectivity index (χ4v) is 7.48. The maximum atomic E-state index is 11.8. The summed E-state index contributed by atoms with van der Waals surface area (Å²) in [5, 5.41) is 0. The van der Waals surface area contributed by atoms with Crippen molar-refractivity contribution >= 4 is 11.9 Å². The number of hydrogen-bond donors (Lipinski definition) is 0. The molecule has 0 spiro atoms. The molecular weight excluding hydrogens is 725 g/mol. The van der Waals surface area contributed by atoms with E-state index in [-0.39, 0.29) is 17.4 Å². The van der Waals surface area contributed by atoms with Gasteiger partial charge in [-0.15, -0.1) is 0 Å². The van der Waals surface area contributed by atoms with Crippen LogP contribution in [0.1, 0.15) is 106 Å². The lowest BCUT2D eigenvalue weighted by molar-refractivity contribution is 0.0592. The number of benzene rings is 4. The van der Waals surface area contributed by atoms with E-state index in [9.17, 15) is 9.59 Å². The molecule has 4 aromatic carbocycles. The van der Waals surface area contributed by atoms with E-state index in [1.54, 1.807) is 24.5 Å². The van der Waals surface area contributed by atoms with Crippen LogP contribution in [0, 0.1) is 5.92 Å². The highest BCUT2D eigenvalue weighted by Gasteiger charge is 2.27. The Balaban J connectivity index is 0.000000198. The van der Waals surface area contributed by atoms with E-state index in [0.717, 1.165) is 28.5 Å². The summed E-state index contributed by atoms with van der Waals surface area (Å²) in [7, 11) is 2.80. The molecule has 0 aliphatic heterocycles. The molecule has 7 rings (SSSR count). The Morgan fingerprint density at radius 2 is 0.983 bits per heavy atom. The Bertz CT molecular complexity index is 2170. The van der Waals surface area contributed by atoms with Gasteiger partial charge in [-0.1, -0.05) is 93.8 Å². The average Bonchev–Trinajstić information content (AvgIpc) is 3.29. The molecule has 0 bridgehead atoms. The van der Waals surface area contributed by atoms with E-state index in [4.69, 9.17) is 18.9 Å². The largest absolute Gasteiger partial charge is 0.487 e. The minimum atomic E-state index is -0.325. The molecule has 1 fully saturated rings. The van der Waals surface area contributed by atoms with Gasteiger partial charge in [0.1, 0.15) is 24.7 Å². The third-order valence-electron chi connectivity index (χ3n) is 10.9. The van der Waals surface area contributed by atoms with Crippen molar-refractivity contribution in [1.29, 1.82) is 0 Å². The van der Waals surface area contributed by atoms with E-state index < -0.39 is 0 Å². The molecule has 1 unspecified atom stereocenters. The molecule has 0 amide bonds. The number of hydrogen-bond acceptors (Lipinski definition) is 8. The maximum absolute atomic E-state index is 11.8. The lowest BCUT2D eigenvalue weighted by atomic mass is 9.73. The zero-order chi connectivity index (χ0) is 40.7. The number of pyridine rings is 2. The van der Waals surface area contributed by atoms with Crippen LogP contribution in [0.25, 0.3) is 0 Å². The molecule has 0 saturated heterocycles. The quantitative estimate of drug-likeness (QED) is 0.107. The molecule has 1 saturated carbocycles. The van der Waals surface area contributed by atoms with Crippen molar-refractivity contribution in [3.63, 3.8) is 0 Å². The molecule has 1 aliphatic rings. The second-order valence-electron chi connectivity index (χ2n) is 15.0. The Morgan fingerprint density at radius 3 is 1.41 bits per heavy atom. The monoisotopic (exact) mass is 776 g/mol. The van der Waals surface area contributed by atoms with Crippen LogP contribution >= 0.6 is 0 Å². The second kappa shape index (κ2) is 20.2. The first-order valence-corrected chi connectivity index (χ1v) is 19.9. The summed E-state index contributed by atoms with van der Waals surface area (Å²) in [6, 6.07) is 43.6. The Morgan fingerprint density at radius 1 is 0.569 bits per heavy atom. The lowest BCUT2D eigenvalue weighted by Crippen LogP contribution is -2.19. The van der Waals surface area contributed by atoms with E-state index in [0.29, 0.717) is 36.2 Å². The van der Waals surface area contributed by atoms with Gasteiger partial charge in [0.15, 0.2) is 0 Å². The molecule has 2 heterocycles. The molecule has 0 N–H and O–H groups in total. The summed E-state index contributed by atoms with van der Waals surface area (Å²) < 4.78 is 21.3. The van der Waals surface area contributed by atoms with Gasteiger partial charge in [-0.2, -0.15) is 0 Å². The highest BCUT2D eigenvalue weighted by atomic mass is 16.5. The molecule has 8 heteroatoms. The molecular formula is C50H52N2O6. The first-order valence-electron chi connectivity index (χ1n) is 19.9. The van der Waals surface area contributed by atoms with Crippen molar-refractivity contribution in [2.24, 2.45) is 5.92 Å². The second-order valence-corrected chi connectivity index (χ2v) is 15.0. The Hall–Kier alpha value is -6.28. The maximum Gasteiger partial charge on any atom is 0.337 e. The molecule has 298 valence electrons. The number of methoxy groups -OCH3 is 2. The van der Waals surface area contributed by atoms with E-state index in [1.807, 2.05) is 72.8 Å². The molecule has 58 heavy (non-hydrogen) atoms. The van der Waals surface area contributed by atoms with Crippen molar-refractivity contribution in [3.8, 4) is 11.5 Å². The summed E-state index contributed by atoms with van der Waals surface area (Å²) in [6.45, 7) is 5.22. The van der Waals surface area contributed by atoms with Gasteiger partial charge in [-0.3, -0.25) is 9.97 Å². The standard InChI is InChI=1S/C27H29NO3.C23H23NO3/c1-30-27(29)23-12-10-21(11-13-23)26(20-7-3-2-4-8-20)22-14-16-25(17-15-22)31-19-24-9-5-6-18-28-24;1-23(2,18-9-7-17(8-10-18)22(25)26-3)19-11-13-21(14-12-19)27-16-20-6-4-5-15-24-20/h5-6,9-18,20,26H,2-4,7-8,19H2,1H3;4-15H,16H2,1-3H3. The number of carbonyl (C=O) groups is 2. The van der Waals surface area contributed by atoms with Crippen molar-refractivity contribution in [2.45, 2.75) is 70.5 Å². The number of nitrogens with zero attached hydrogens (tertiary/aromatic N) is 2. The van der Waals surface area contributed by atoms with Crippen LogP contribution in [0.15, 0.2) is 146 Å². The van der Waals surface area contributed by atoms with Crippen LogP contribution in [0.5, 0.6) is 11.5 Å². The predicted octanol–water partition coefficient (Wildman–Crippen LogP) is 10.9.